The first-order chi connectivity index (χ1) is 13.3. The van der Waals surface area contributed by atoms with Gasteiger partial charge in [-0.3, -0.25) is 15.0 Å². The molecule has 1 saturated heterocycles. The maximum atomic E-state index is 12.6. The average molecular weight is 518 g/mol. The minimum absolute atomic E-state index is 0.226. The number of nitrogens with zero attached hydrogens (tertiary/aromatic N) is 1. The quantitative estimate of drug-likeness (QED) is 0.443. The number of amides is 2. The van der Waals surface area contributed by atoms with Crippen molar-refractivity contribution >= 4 is 85.3 Å². The van der Waals surface area contributed by atoms with Crippen LogP contribution < -0.4 is 10.2 Å². The summed E-state index contributed by atoms with van der Waals surface area (Å²) in [6, 6.07) is 12.1. The highest BCUT2D eigenvalue weighted by atomic mass is 79.9. The third-order valence-electron chi connectivity index (χ3n) is 3.43. The second kappa shape index (κ2) is 9.28. The van der Waals surface area contributed by atoms with E-state index in [1.54, 1.807) is 18.2 Å². The molecular formula is C18H11BrCl2N2O3S2. The van der Waals surface area contributed by atoms with Gasteiger partial charge in [0.1, 0.15) is 5.75 Å². The van der Waals surface area contributed by atoms with Gasteiger partial charge in [-0.05, 0) is 54.2 Å². The van der Waals surface area contributed by atoms with Crippen LogP contribution in [0.15, 0.2) is 51.8 Å². The van der Waals surface area contributed by atoms with Crippen molar-refractivity contribution in [3.63, 3.8) is 0 Å². The smallest absolute Gasteiger partial charge is 0.285 e. The zero-order valence-corrected chi connectivity index (χ0v) is 18.7. The molecule has 2 aromatic rings. The molecule has 28 heavy (non-hydrogen) atoms. The summed E-state index contributed by atoms with van der Waals surface area (Å²) in [6.45, 7) is -0.344. The highest BCUT2D eigenvalue weighted by Gasteiger charge is 2.33. The van der Waals surface area contributed by atoms with Crippen molar-refractivity contribution in [2.24, 2.45) is 0 Å². The first-order valence-corrected chi connectivity index (χ1v) is 10.5. The summed E-state index contributed by atoms with van der Waals surface area (Å²) < 4.78 is 6.48. The molecule has 2 amide bonds. The molecule has 0 bridgehead atoms. The van der Waals surface area contributed by atoms with Gasteiger partial charge in [0, 0.05) is 9.50 Å². The third-order valence-corrected chi connectivity index (χ3v) is 5.76. The fourth-order valence-electron chi connectivity index (χ4n) is 2.20. The van der Waals surface area contributed by atoms with E-state index in [9.17, 15) is 9.59 Å². The van der Waals surface area contributed by atoms with Crippen LogP contribution in [0.25, 0.3) is 6.08 Å². The van der Waals surface area contributed by atoms with Gasteiger partial charge >= 0.3 is 0 Å². The van der Waals surface area contributed by atoms with Crippen LogP contribution in [-0.4, -0.2) is 27.8 Å². The molecule has 0 aromatic heterocycles. The van der Waals surface area contributed by atoms with Crippen LogP contribution in [0.4, 0.5) is 0 Å². The predicted octanol–water partition coefficient (Wildman–Crippen LogP) is 5.07. The van der Waals surface area contributed by atoms with E-state index in [0.717, 1.165) is 26.8 Å². The molecule has 0 aliphatic carbocycles. The largest absolute Gasteiger partial charge is 0.482 e. The Morgan fingerprint density at radius 3 is 2.79 bits per heavy atom. The average Bonchev–Trinajstić information content (AvgIpc) is 2.88. The van der Waals surface area contributed by atoms with Crippen molar-refractivity contribution in [1.29, 1.82) is 0 Å². The number of thiocarbonyl (C=S) groups is 1. The summed E-state index contributed by atoms with van der Waals surface area (Å²) in [5.41, 5.74) is 3.28. The Balaban J connectivity index is 1.63. The van der Waals surface area contributed by atoms with Gasteiger partial charge in [0.25, 0.3) is 11.8 Å². The van der Waals surface area contributed by atoms with E-state index in [-0.39, 0.29) is 16.0 Å². The number of nitrogens with one attached hydrogen (secondary N) is 1. The lowest BCUT2D eigenvalue weighted by atomic mass is 10.2. The van der Waals surface area contributed by atoms with Crippen molar-refractivity contribution in [2.45, 2.75) is 0 Å². The SMILES string of the molecule is O=C(COc1ccc(Cl)cc1Cl)NN1C(=O)/C(=C\c2cccc(Br)c2)SC1=S. The number of carbonyl (C=O) groups is 2. The normalized spacial score (nSPS) is 15.2. The minimum atomic E-state index is -0.550. The molecule has 0 radical (unpaired) electrons. The van der Waals surface area contributed by atoms with Crippen molar-refractivity contribution in [3.8, 4) is 5.75 Å². The maximum absolute atomic E-state index is 12.6. The Bertz CT molecular complexity index is 1000. The Kier molecular flexibility index (Phi) is 7.00. The van der Waals surface area contributed by atoms with E-state index in [1.807, 2.05) is 24.3 Å². The minimum Gasteiger partial charge on any atom is -0.482 e. The summed E-state index contributed by atoms with van der Waals surface area (Å²) in [5.74, 6) is -0.653. The topological polar surface area (TPSA) is 58.6 Å². The highest BCUT2D eigenvalue weighted by molar-refractivity contribution is 9.10. The second-order valence-electron chi connectivity index (χ2n) is 5.47. The molecule has 3 rings (SSSR count). The summed E-state index contributed by atoms with van der Waals surface area (Å²) in [5, 5.41) is 1.76. The Morgan fingerprint density at radius 2 is 2.07 bits per heavy atom. The number of halogens is 3. The maximum Gasteiger partial charge on any atom is 0.285 e. The van der Waals surface area contributed by atoms with Gasteiger partial charge in [-0.1, -0.05) is 63.0 Å². The van der Waals surface area contributed by atoms with Gasteiger partial charge in [0.15, 0.2) is 10.9 Å². The van der Waals surface area contributed by atoms with Gasteiger partial charge in [0.05, 0.1) is 9.93 Å². The number of hydrogen-bond donors (Lipinski definition) is 1. The Hall–Kier alpha value is -1.58. The molecule has 10 heteroatoms. The van der Waals surface area contributed by atoms with Crippen LogP contribution in [0.5, 0.6) is 5.75 Å². The lowest BCUT2D eigenvalue weighted by Crippen LogP contribution is -2.46. The first kappa shape index (κ1) is 21.1. The monoisotopic (exact) mass is 516 g/mol. The molecule has 1 fully saturated rings. The number of ether oxygens (including phenoxy) is 1. The fraction of sp³-hybridized carbons (Fsp3) is 0.0556. The third kappa shape index (κ3) is 5.27. The number of carbonyl (C=O) groups excluding carboxylic acids is 2. The lowest BCUT2D eigenvalue weighted by molar-refractivity contribution is -0.134. The number of rotatable bonds is 5. The number of hydrazine groups is 1. The Labute approximate surface area is 189 Å². The molecular weight excluding hydrogens is 507 g/mol. The van der Waals surface area contributed by atoms with Crippen molar-refractivity contribution in [2.75, 3.05) is 6.61 Å². The van der Waals surface area contributed by atoms with Gasteiger partial charge in [0.2, 0.25) is 0 Å². The summed E-state index contributed by atoms with van der Waals surface area (Å²) in [4.78, 5) is 25.1. The number of benzene rings is 2. The zero-order valence-electron chi connectivity index (χ0n) is 13.9. The molecule has 2 aromatic carbocycles. The van der Waals surface area contributed by atoms with Gasteiger partial charge in [-0.15, -0.1) is 0 Å². The molecule has 144 valence electrons. The van der Waals surface area contributed by atoms with Crippen LogP contribution in [-0.2, 0) is 9.59 Å². The van der Waals surface area contributed by atoms with Crippen LogP contribution >= 0.6 is 63.1 Å². The fourth-order valence-corrected chi connectivity index (χ4v) is 4.26. The van der Waals surface area contributed by atoms with Crippen LogP contribution in [0.1, 0.15) is 5.56 Å². The standard InChI is InChI=1S/C18H11BrCl2N2O3S2/c19-11-3-1-2-10(6-11)7-15-17(25)23(18(27)28-15)22-16(24)9-26-14-5-4-12(20)8-13(14)21/h1-8H,9H2,(H,22,24)/b15-7+. The van der Waals surface area contributed by atoms with Crippen molar-refractivity contribution in [3.05, 3.63) is 67.5 Å². The van der Waals surface area contributed by atoms with E-state index in [0.29, 0.717) is 15.7 Å². The molecule has 0 saturated carbocycles. The molecule has 0 atom stereocenters. The summed E-state index contributed by atoms with van der Waals surface area (Å²) in [7, 11) is 0. The molecule has 0 spiro atoms. The molecule has 1 N–H and O–H groups in total. The Morgan fingerprint density at radius 1 is 1.29 bits per heavy atom. The molecule has 1 heterocycles. The lowest BCUT2D eigenvalue weighted by Gasteiger charge is -2.16. The van der Waals surface area contributed by atoms with Crippen molar-refractivity contribution < 1.29 is 14.3 Å². The van der Waals surface area contributed by atoms with Crippen LogP contribution in [0.3, 0.4) is 0 Å². The highest BCUT2D eigenvalue weighted by Crippen LogP contribution is 2.32. The zero-order chi connectivity index (χ0) is 20.3. The first-order valence-electron chi connectivity index (χ1n) is 7.74. The van der Waals surface area contributed by atoms with Gasteiger partial charge in [-0.2, -0.15) is 5.01 Å². The van der Waals surface area contributed by atoms with E-state index in [4.69, 9.17) is 40.2 Å². The van der Waals surface area contributed by atoms with Crippen LogP contribution in [0.2, 0.25) is 10.0 Å². The van der Waals surface area contributed by atoms with E-state index >= 15 is 0 Å². The second-order valence-corrected chi connectivity index (χ2v) is 8.91. The van der Waals surface area contributed by atoms with E-state index < -0.39 is 11.8 Å². The van der Waals surface area contributed by atoms with Gasteiger partial charge in [-0.25, -0.2) is 0 Å². The summed E-state index contributed by atoms with van der Waals surface area (Å²) in [6.07, 6.45) is 1.71. The van der Waals surface area contributed by atoms with Crippen LogP contribution in [0, 0.1) is 0 Å². The summed E-state index contributed by atoms with van der Waals surface area (Å²) >= 11 is 21.5. The van der Waals surface area contributed by atoms with Crippen molar-refractivity contribution in [1.82, 2.24) is 10.4 Å². The molecule has 1 aliphatic heterocycles. The van der Waals surface area contributed by atoms with E-state index in [2.05, 4.69) is 21.4 Å². The molecule has 0 unspecified atom stereocenters. The predicted molar refractivity (Wildman–Crippen MR) is 119 cm³/mol. The molecule has 5 nitrogen and oxygen atoms in total. The number of thioether (sulfide) groups is 1. The van der Waals surface area contributed by atoms with Gasteiger partial charge < -0.3 is 4.74 Å². The molecule has 1 aliphatic rings. The number of hydrogen-bond acceptors (Lipinski definition) is 5. The van der Waals surface area contributed by atoms with E-state index in [1.165, 1.54) is 6.07 Å².